The largest absolute Gasteiger partial charge is 0.504 e. The zero-order valence-corrected chi connectivity index (χ0v) is 14.8. The highest BCUT2D eigenvalue weighted by Gasteiger charge is 2.22. The molecule has 0 spiro atoms. The van der Waals surface area contributed by atoms with Crippen LogP contribution < -0.4 is 9.47 Å². The Labute approximate surface area is 167 Å². The number of aromatic carboxylic acids is 1. The minimum atomic E-state index is -1.46. The first kappa shape index (κ1) is 20.1. The number of carbonyl (C=O) groups excluding carboxylic acids is 2. The SMILES string of the molecule is O=C(O)c1cc(O)c(O)c(OC(=O)c2cc(O)c(O)c(OC(=O)c3ccc[nH]3)c2)c1. The van der Waals surface area contributed by atoms with Crippen LogP contribution >= 0.6 is 0 Å². The van der Waals surface area contributed by atoms with E-state index in [1.54, 1.807) is 0 Å². The van der Waals surface area contributed by atoms with Crippen molar-refractivity contribution in [2.24, 2.45) is 0 Å². The summed E-state index contributed by atoms with van der Waals surface area (Å²) < 4.78 is 9.83. The number of hydrogen-bond donors (Lipinski definition) is 6. The second kappa shape index (κ2) is 7.75. The fraction of sp³-hybridized carbons (Fsp3) is 0. The summed E-state index contributed by atoms with van der Waals surface area (Å²) in [6.45, 7) is 0. The Bertz CT molecular complexity index is 1150. The van der Waals surface area contributed by atoms with Gasteiger partial charge in [0.05, 0.1) is 11.1 Å². The zero-order chi connectivity index (χ0) is 22.0. The molecule has 2 aromatic carbocycles. The van der Waals surface area contributed by atoms with Crippen molar-refractivity contribution in [3.05, 3.63) is 59.4 Å². The van der Waals surface area contributed by atoms with E-state index in [4.69, 9.17) is 14.6 Å². The fourth-order valence-electron chi connectivity index (χ4n) is 2.35. The topological polar surface area (TPSA) is 187 Å². The van der Waals surface area contributed by atoms with Crippen molar-refractivity contribution >= 4 is 17.9 Å². The molecule has 154 valence electrons. The fourth-order valence-corrected chi connectivity index (χ4v) is 2.35. The van der Waals surface area contributed by atoms with Gasteiger partial charge in [-0.1, -0.05) is 0 Å². The van der Waals surface area contributed by atoms with Gasteiger partial charge in [0.25, 0.3) is 0 Å². The molecule has 3 rings (SSSR count). The van der Waals surface area contributed by atoms with Crippen LogP contribution in [0.2, 0.25) is 0 Å². The Hall–Kier alpha value is -4.67. The molecular formula is C19H13NO10. The number of ether oxygens (including phenoxy) is 2. The Morgan fingerprint density at radius 2 is 1.30 bits per heavy atom. The molecule has 0 saturated carbocycles. The van der Waals surface area contributed by atoms with Gasteiger partial charge in [0.1, 0.15) is 5.69 Å². The highest BCUT2D eigenvalue weighted by atomic mass is 16.5. The van der Waals surface area contributed by atoms with E-state index < -0.39 is 63.5 Å². The average molecular weight is 415 g/mol. The number of carboxylic acids is 1. The Morgan fingerprint density at radius 1 is 0.767 bits per heavy atom. The van der Waals surface area contributed by atoms with E-state index in [2.05, 4.69) is 4.98 Å². The molecule has 0 amide bonds. The van der Waals surface area contributed by atoms with E-state index in [0.717, 1.165) is 24.3 Å². The molecule has 0 radical (unpaired) electrons. The van der Waals surface area contributed by atoms with Crippen LogP contribution in [0.25, 0.3) is 0 Å². The molecule has 0 fully saturated rings. The van der Waals surface area contributed by atoms with Crippen LogP contribution in [0.5, 0.6) is 34.5 Å². The first-order valence-electron chi connectivity index (χ1n) is 8.10. The number of carbonyl (C=O) groups is 3. The summed E-state index contributed by atoms with van der Waals surface area (Å²) in [6, 6.07) is 6.13. The number of nitrogens with one attached hydrogen (secondary N) is 1. The predicted molar refractivity (Wildman–Crippen MR) is 97.2 cm³/mol. The summed E-state index contributed by atoms with van der Waals surface area (Å²) in [5, 5.41) is 48.1. The number of H-pyrrole nitrogens is 1. The standard InChI is InChI=1S/C19H13NO10/c21-11-4-8(17(25)26)6-13(15(11)23)29-18(27)9-5-12(22)16(24)14(7-9)30-19(28)10-2-1-3-20-10/h1-7,20-24H,(H,25,26). The van der Waals surface area contributed by atoms with Crippen LogP contribution in [0.4, 0.5) is 0 Å². The quantitative estimate of drug-likeness (QED) is 0.204. The average Bonchev–Trinajstić information content (AvgIpc) is 3.23. The second-order valence-electron chi connectivity index (χ2n) is 5.85. The third-order valence-electron chi connectivity index (χ3n) is 3.82. The van der Waals surface area contributed by atoms with E-state index in [9.17, 15) is 34.8 Å². The number of aromatic amines is 1. The molecule has 0 aliphatic heterocycles. The van der Waals surface area contributed by atoms with Crippen molar-refractivity contribution in [2.75, 3.05) is 0 Å². The highest BCUT2D eigenvalue weighted by Crippen LogP contribution is 2.39. The Kier molecular flexibility index (Phi) is 5.19. The highest BCUT2D eigenvalue weighted by molar-refractivity contribution is 5.95. The lowest BCUT2D eigenvalue weighted by Gasteiger charge is -2.11. The maximum Gasteiger partial charge on any atom is 0.360 e. The summed E-state index contributed by atoms with van der Waals surface area (Å²) in [6.07, 6.45) is 1.45. The molecule has 30 heavy (non-hydrogen) atoms. The number of rotatable bonds is 5. The molecule has 0 aliphatic carbocycles. The van der Waals surface area contributed by atoms with E-state index in [0.29, 0.717) is 0 Å². The number of esters is 2. The van der Waals surface area contributed by atoms with Gasteiger partial charge in [-0.25, -0.2) is 14.4 Å². The van der Waals surface area contributed by atoms with Crippen LogP contribution in [0.15, 0.2) is 42.6 Å². The van der Waals surface area contributed by atoms with Gasteiger partial charge in [0.15, 0.2) is 23.0 Å². The number of phenolic OH excluding ortho intramolecular Hbond substituents is 4. The van der Waals surface area contributed by atoms with Crippen LogP contribution in [0, 0.1) is 0 Å². The third-order valence-corrected chi connectivity index (χ3v) is 3.82. The minimum absolute atomic E-state index is 0.0350. The summed E-state index contributed by atoms with van der Waals surface area (Å²) in [4.78, 5) is 38.0. The molecule has 0 aliphatic rings. The van der Waals surface area contributed by atoms with Gasteiger partial charge in [-0.15, -0.1) is 0 Å². The first-order chi connectivity index (χ1) is 14.2. The van der Waals surface area contributed by atoms with Crippen molar-refractivity contribution in [3.8, 4) is 34.5 Å². The summed E-state index contributed by atoms with van der Waals surface area (Å²) in [5.74, 6) is -8.20. The lowest BCUT2D eigenvalue weighted by molar-refractivity contribution is 0.0685. The number of hydrogen-bond acceptors (Lipinski definition) is 9. The van der Waals surface area contributed by atoms with Crippen molar-refractivity contribution in [3.63, 3.8) is 0 Å². The number of aromatic nitrogens is 1. The smallest absolute Gasteiger partial charge is 0.360 e. The number of phenols is 4. The van der Waals surface area contributed by atoms with Gasteiger partial charge in [0, 0.05) is 6.20 Å². The van der Waals surface area contributed by atoms with Crippen molar-refractivity contribution in [1.29, 1.82) is 0 Å². The van der Waals surface area contributed by atoms with Gasteiger partial charge < -0.3 is 40.0 Å². The van der Waals surface area contributed by atoms with E-state index in [-0.39, 0.29) is 5.69 Å². The van der Waals surface area contributed by atoms with Gasteiger partial charge in [0.2, 0.25) is 11.5 Å². The number of aromatic hydroxyl groups is 4. The minimum Gasteiger partial charge on any atom is -0.504 e. The molecule has 11 heteroatoms. The maximum atomic E-state index is 12.4. The molecule has 0 unspecified atom stereocenters. The van der Waals surface area contributed by atoms with Crippen LogP contribution in [0.1, 0.15) is 31.2 Å². The lowest BCUT2D eigenvalue weighted by Crippen LogP contribution is -2.12. The Balaban J connectivity index is 1.91. The predicted octanol–water partition coefficient (Wildman–Crippen LogP) is 1.97. The normalized spacial score (nSPS) is 10.4. The molecule has 0 atom stereocenters. The second-order valence-corrected chi connectivity index (χ2v) is 5.85. The molecular weight excluding hydrogens is 402 g/mol. The summed E-state index contributed by atoms with van der Waals surface area (Å²) in [7, 11) is 0. The van der Waals surface area contributed by atoms with Crippen molar-refractivity contribution in [2.45, 2.75) is 0 Å². The van der Waals surface area contributed by atoms with Crippen LogP contribution in [-0.4, -0.2) is 48.4 Å². The van der Waals surface area contributed by atoms with Gasteiger partial charge >= 0.3 is 17.9 Å². The maximum absolute atomic E-state index is 12.4. The molecule has 1 heterocycles. The molecule has 1 aromatic heterocycles. The molecule has 6 N–H and O–H groups in total. The van der Waals surface area contributed by atoms with E-state index in [1.807, 2.05) is 0 Å². The van der Waals surface area contributed by atoms with Gasteiger partial charge in [-0.2, -0.15) is 0 Å². The monoisotopic (exact) mass is 415 g/mol. The van der Waals surface area contributed by atoms with Gasteiger partial charge in [-0.3, -0.25) is 0 Å². The van der Waals surface area contributed by atoms with Gasteiger partial charge in [-0.05, 0) is 36.4 Å². The molecule has 3 aromatic rings. The summed E-state index contributed by atoms with van der Waals surface area (Å²) in [5.41, 5.74) is -0.853. The first-order valence-corrected chi connectivity index (χ1v) is 8.10. The summed E-state index contributed by atoms with van der Waals surface area (Å²) >= 11 is 0. The third kappa shape index (κ3) is 3.94. The van der Waals surface area contributed by atoms with E-state index >= 15 is 0 Å². The Morgan fingerprint density at radius 3 is 1.83 bits per heavy atom. The van der Waals surface area contributed by atoms with E-state index in [1.165, 1.54) is 18.3 Å². The zero-order valence-electron chi connectivity index (χ0n) is 14.8. The molecule has 11 nitrogen and oxygen atoms in total. The number of benzene rings is 2. The van der Waals surface area contributed by atoms with Crippen molar-refractivity contribution in [1.82, 2.24) is 4.98 Å². The van der Waals surface area contributed by atoms with Crippen LogP contribution in [0.3, 0.4) is 0 Å². The van der Waals surface area contributed by atoms with Crippen molar-refractivity contribution < 1.29 is 49.4 Å². The molecule has 0 bridgehead atoms. The number of carboxylic acid groups (broad SMARTS) is 1. The van der Waals surface area contributed by atoms with Crippen LogP contribution in [-0.2, 0) is 0 Å². The molecule has 0 saturated heterocycles. The lowest BCUT2D eigenvalue weighted by atomic mass is 10.1.